The zero-order valence-corrected chi connectivity index (χ0v) is 12.6. The van der Waals surface area contributed by atoms with Crippen molar-refractivity contribution < 1.29 is 0 Å². The molecular formula is C13H17BrN4. The molecule has 0 saturated heterocycles. The molecule has 2 rings (SSSR count). The van der Waals surface area contributed by atoms with Crippen molar-refractivity contribution in [1.82, 2.24) is 15.0 Å². The zero-order chi connectivity index (χ0) is 13.5. The van der Waals surface area contributed by atoms with Crippen LogP contribution in [-0.4, -0.2) is 15.0 Å². The summed E-state index contributed by atoms with van der Waals surface area (Å²) < 4.78 is 2.86. The molecule has 0 atom stereocenters. The van der Waals surface area contributed by atoms with Gasteiger partial charge in [0.15, 0.2) is 5.82 Å². The Balaban J connectivity index is 2.61. The van der Waals surface area contributed by atoms with Crippen LogP contribution in [0.25, 0.3) is 5.69 Å². The van der Waals surface area contributed by atoms with Gasteiger partial charge in [-0.25, -0.2) is 4.68 Å². The van der Waals surface area contributed by atoms with Crippen molar-refractivity contribution in [3.05, 3.63) is 33.9 Å². The van der Waals surface area contributed by atoms with E-state index in [9.17, 15) is 0 Å². The standard InChI is InChI=1S/C13H17BrN4/c1-8-5-6-9(7-10(8)14)18-11(13(2,3)4)12(15)16-17-18/h5-7H,15H2,1-4H3. The van der Waals surface area contributed by atoms with Crippen LogP contribution in [0.3, 0.4) is 0 Å². The minimum atomic E-state index is -0.106. The Morgan fingerprint density at radius 2 is 1.94 bits per heavy atom. The van der Waals surface area contributed by atoms with E-state index >= 15 is 0 Å². The van der Waals surface area contributed by atoms with E-state index in [1.807, 2.05) is 25.1 Å². The lowest BCUT2D eigenvalue weighted by molar-refractivity contribution is 0.544. The molecule has 1 heterocycles. The quantitative estimate of drug-likeness (QED) is 0.880. The number of nitrogens with zero attached hydrogens (tertiary/aromatic N) is 3. The number of benzene rings is 1. The summed E-state index contributed by atoms with van der Waals surface area (Å²) in [4.78, 5) is 0. The fourth-order valence-electron chi connectivity index (χ4n) is 1.89. The third-order valence-corrected chi connectivity index (χ3v) is 3.66. The van der Waals surface area contributed by atoms with E-state index in [-0.39, 0.29) is 5.41 Å². The molecule has 0 amide bonds. The highest BCUT2D eigenvalue weighted by molar-refractivity contribution is 9.10. The Bertz CT molecular complexity index is 581. The Kier molecular flexibility index (Phi) is 3.19. The third kappa shape index (κ3) is 2.27. The molecule has 2 N–H and O–H groups in total. The van der Waals surface area contributed by atoms with Crippen molar-refractivity contribution in [2.24, 2.45) is 0 Å². The lowest BCUT2D eigenvalue weighted by Gasteiger charge is -2.20. The lowest BCUT2D eigenvalue weighted by Crippen LogP contribution is -2.19. The molecule has 0 radical (unpaired) electrons. The van der Waals surface area contributed by atoms with Crippen molar-refractivity contribution >= 4 is 21.7 Å². The summed E-state index contributed by atoms with van der Waals surface area (Å²) in [5, 5.41) is 8.13. The van der Waals surface area contributed by atoms with Crippen LogP contribution in [0.4, 0.5) is 5.82 Å². The summed E-state index contributed by atoms with van der Waals surface area (Å²) in [5.41, 5.74) is 8.89. The normalized spacial score (nSPS) is 11.8. The van der Waals surface area contributed by atoms with Gasteiger partial charge in [-0.15, -0.1) is 5.10 Å². The first kappa shape index (κ1) is 13.1. The molecule has 1 aromatic heterocycles. The van der Waals surface area contributed by atoms with Gasteiger partial charge in [0, 0.05) is 9.89 Å². The van der Waals surface area contributed by atoms with Crippen LogP contribution in [0.2, 0.25) is 0 Å². The van der Waals surface area contributed by atoms with Crippen molar-refractivity contribution in [2.45, 2.75) is 33.1 Å². The molecule has 5 heteroatoms. The number of hydrogen-bond donors (Lipinski definition) is 1. The fourth-order valence-corrected chi connectivity index (χ4v) is 2.26. The van der Waals surface area contributed by atoms with Crippen molar-refractivity contribution in [2.75, 3.05) is 5.73 Å². The highest BCUT2D eigenvalue weighted by Crippen LogP contribution is 2.29. The fraction of sp³-hybridized carbons (Fsp3) is 0.385. The molecular weight excluding hydrogens is 292 g/mol. The van der Waals surface area contributed by atoms with E-state index in [1.54, 1.807) is 4.68 Å². The maximum absolute atomic E-state index is 5.93. The summed E-state index contributed by atoms with van der Waals surface area (Å²) in [5.74, 6) is 0.485. The minimum Gasteiger partial charge on any atom is -0.381 e. The van der Waals surface area contributed by atoms with Crippen LogP contribution in [0.15, 0.2) is 22.7 Å². The van der Waals surface area contributed by atoms with Crippen LogP contribution in [0.1, 0.15) is 32.0 Å². The van der Waals surface area contributed by atoms with Crippen LogP contribution in [-0.2, 0) is 5.41 Å². The summed E-state index contributed by atoms with van der Waals surface area (Å²) in [6.45, 7) is 8.35. The SMILES string of the molecule is Cc1ccc(-n2nnc(N)c2C(C)(C)C)cc1Br. The number of anilines is 1. The molecule has 0 aliphatic carbocycles. The van der Waals surface area contributed by atoms with Gasteiger partial charge in [-0.2, -0.15) is 0 Å². The van der Waals surface area contributed by atoms with Crippen LogP contribution < -0.4 is 5.73 Å². The maximum atomic E-state index is 5.93. The van der Waals surface area contributed by atoms with Gasteiger partial charge < -0.3 is 5.73 Å². The highest BCUT2D eigenvalue weighted by Gasteiger charge is 2.24. The summed E-state index contributed by atoms with van der Waals surface area (Å²) >= 11 is 3.53. The molecule has 2 aromatic rings. The average Bonchev–Trinajstić information content (AvgIpc) is 2.64. The van der Waals surface area contributed by atoms with Gasteiger partial charge in [-0.1, -0.05) is 48.0 Å². The smallest absolute Gasteiger partial charge is 0.170 e. The van der Waals surface area contributed by atoms with Gasteiger partial charge in [0.1, 0.15) is 0 Å². The molecule has 96 valence electrons. The molecule has 0 aliphatic heterocycles. The van der Waals surface area contributed by atoms with Crippen LogP contribution in [0, 0.1) is 6.92 Å². The first-order valence-corrected chi connectivity index (χ1v) is 6.58. The number of nitrogens with two attached hydrogens (primary N) is 1. The van der Waals surface area contributed by atoms with Gasteiger partial charge in [-0.3, -0.25) is 0 Å². The van der Waals surface area contributed by atoms with Gasteiger partial charge in [0.05, 0.1) is 11.4 Å². The van der Waals surface area contributed by atoms with Crippen molar-refractivity contribution in [3.8, 4) is 5.69 Å². The second-order valence-corrected chi connectivity index (χ2v) is 6.27. The van der Waals surface area contributed by atoms with E-state index in [0.29, 0.717) is 5.82 Å². The molecule has 0 unspecified atom stereocenters. The molecule has 0 bridgehead atoms. The van der Waals surface area contributed by atoms with Crippen molar-refractivity contribution in [3.63, 3.8) is 0 Å². The second-order valence-electron chi connectivity index (χ2n) is 5.42. The molecule has 18 heavy (non-hydrogen) atoms. The molecule has 0 aliphatic rings. The first-order chi connectivity index (χ1) is 8.30. The van der Waals surface area contributed by atoms with Crippen molar-refractivity contribution in [1.29, 1.82) is 0 Å². The number of halogens is 1. The monoisotopic (exact) mass is 308 g/mol. The Morgan fingerprint density at radius 1 is 1.28 bits per heavy atom. The molecule has 0 spiro atoms. The molecule has 0 saturated carbocycles. The largest absolute Gasteiger partial charge is 0.381 e. The lowest BCUT2D eigenvalue weighted by atomic mass is 9.91. The Hall–Kier alpha value is -1.36. The number of aryl methyl sites for hydroxylation is 1. The zero-order valence-electron chi connectivity index (χ0n) is 11.0. The second kappa shape index (κ2) is 4.39. The van der Waals surface area contributed by atoms with E-state index in [1.165, 1.54) is 5.56 Å². The molecule has 1 aromatic carbocycles. The van der Waals surface area contributed by atoms with Gasteiger partial charge in [-0.05, 0) is 24.6 Å². The maximum Gasteiger partial charge on any atom is 0.170 e. The van der Waals surface area contributed by atoms with E-state index in [4.69, 9.17) is 5.73 Å². The van der Waals surface area contributed by atoms with Gasteiger partial charge in [0.2, 0.25) is 0 Å². The number of rotatable bonds is 1. The van der Waals surface area contributed by atoms with Crippen LogP contribution in [0.5, 0.6) is 0 Å². The van der Waals surface area contributed by atoms with Gasteiger partial charge >= 0.3 is 0 Å². The van der Waals surface area contributed by atoms with E-state index < -0.39 is 0 Å². The highest BCUT2D eigenvalue weighted by atomic mass is 79.9. The predicted molar refractivity (Wildman–Crippen MR) is 76.9 cm³/mol. The van der Waals surface area contributed by atoms with Gasteiger partial charge in [0.25, 0.3) is 0 Å². The predicted octanol–water partition coefficient (Wildman–Crippen LogP) is 3.22. The first-order valence-electron chi connectivity index (χ1n) is 5.79. The summed E-state index contributed by atoms with van der Waals surface area (Å²) in [7, 11) is 0. The number of aromatic nitrogens is 3. The summed E-state index contributed by atoms with van der Waals surface area (Å²) in [6, 6.07) is 6.09. The molecule has 0 fully saturated rings. The van der Waals surface area contributed by atoms with E-state index in [0.717, 1.165) is 15.9 Å². The number of nitrogen functional groups attached to an aromatic ring is 1. The third-order valence-electron chi connectivity index (χ3n) is 2.81. The topological polar surface area (TPSA) is 56.7 Å². The Labute approximate surface area is 115 Å². The molecule has 4 nitrogen and oxygen atoms in total. The van der Waals surface area contributed by atoms with Crippen LogP contribution >= 0.6 is 15.9 Å². The Morgan fingerprint density at radius 3 is 2.50 bits per heavy atom. The average molecular weight is 309 g/mol. The number of hydrogen-bond acceptors (Lipinski definition) is 3. The minimum absolute atomic E-state index is 0.106. The summed E-state index contributed by atoms with van der Waals surface area (Å²) in [6.07, 6.45) is 0. The van der Waals surface area contributed by atoms with E-state index in [2.05, 4.69) is 47.0 Å².